The highest BCUT2D eigenvalue weighted by Crippen LogP contribution is 2.25. The number of anilines is 3. The van der Waals surface area contributed by atoms with Crippen LogP contribution in [0.4, 0.5) is 17.1 Å². The van der Waals surface area contributed by atoms with Crippen molar-refractivity contribution >= 4 is 34.6 Å². The molecule has 0 fully saturated rings. The molecule has 182 valence electrons. The number of nitrogens with zero attached hydrogens (tertiary/aromatic N) is 1. The Morgan fingerprint density at radius 1 is 1.20 bits per heavy atom. The topological polar surface area (TPSA) is 89.3 Å². The van der Waals surface area contributed by atoms with E-state index in [0.29, 0.717) is 29.1 Å². The van der Waals surface area contributed by atoms with Crippen LogP contribution < -0.4 is 31.7 Å². The fraction of sp³-hybridized carbons (Fsp3) is 0.241. The smallest absolute Gasteiger partial charge is 0.213 e. The van der Waals surface area contributed by atoms with E-state index in [1.807, 2.05) is 49.5 Å². The van der Waals surface area contributed by atoms with Crippen LogP contribution in [0, 0.1) is 0 Å². The molecule has 0 radical (unpaired) electrons. The SMILES string of the molecule is C=CNc1cc(N/C=c2/ccc(OCC)n/c2=C(/C(C)=O)C2=CC=C(C)CC(CC)=C2)ccc1N. The predicted molar refractivity (Wildman–Crippen MR) is 146 cm³/mol. The minimum absolute atomic E-state index is 0.0586. The van der Waals surface area contributed by atoms with Crippen molar-refractivity contribution in [3.8, 4) is 5.88 Å². The number of allylic oxidation sites excluding steroid dienone is 6. The molecule has 2 aromatic rings. The predicted octanol–water partition coefficient (Wildman–Crippen LogP) is 4.82. The van der Waals surface area contributed by atoms with Gasteiger partial charge in [-0.15, -0.1) is 0 Å². The maximum absolute atomic E-state index is 13.0. The zero-order valence-electron chi connectivity index (χ0n) is 20.9. The zero-order chi connectivity index (χ0) is 25.4. The Hall–Kier alpha value is -4.06. The molecule has 1 aromatic carbocycles. The standard InChI is InChI=1S/C29H34N4O2/c1-6-21-15-19(4)9-10-22(16-21)28(20(5)34)29-23(11-14-27(33-29)35-8-3)18-32-24-12-13-25(30)26(17-24)31-7-2/h7,9-14,16-18,31-32H,2,6,8,15,30H2,1,3-5H3/b23-18-,29-28-. The van der Waals surface area contributed by atoms with Crippen molar-refractivity contribution < 1.29 is 9.53 Å². The molecule has 0 atom stereocenters. The average molecular weight is 471 g/mol. The van der Waals surface area contributed by atoms with Gasteiger partial charge in [-0.2, -0.15) is 0 Å². The molecule has 6 heteroatoms. The van der Waals surface area contributed by atoms with Crippen LogP contribution in [-0.4, -0.2) is 17.4 Å². The van der Waals surface area contributed by atoms with Gasteiger partial charge in [0.2, 0.25) is 5.88 Å². The van der Waals surface area contributed by atoms with E-state index in [2.05, 4.69) is 43.2 Å². The second-order valence-corrected chi connectivity index (χ2v) is 8.36. The number of nitrogens with one attached hydrogen (secondary N) is 2. The number of aromatic nitrogens is 1. The molecule has 0 spiro atoms. The quantitative estimate of drug-likeness (QED) is 0.455. The van der Waals surface area contributed by atoms with Crippen molar-refractivity contribution in [1.82, 2.24) is 4.98 Å². The molecule has 3 rings (SSSR count). The van der Waals surface area contributed by atoms with E-state index < -0.39 is 0 Å². The number of hydrogen-bond donors (Lipinski definition) is 3. The number of ketones is 1. The Labute approximate surface area is 207 Å². The number of rotatable bonds is 9. The Kier molecular flexibility index (Phi) is 8.68. The molecule has 1 aliphatic carbocycles. The Morgan fingerprint density at radius 3 is 2.69 bits per heavy atom. The zero-order valence-corrected chi connectivity index (χ0v) is 20.9. The second kappa shape index (κ2) is 11.9. The van der Waals surface area contributed by atoms with Gasteiger partial charge in [0, 0.05) is 23.2 Å². The molecule has 4 N–H and O–H groups in total. The number of hydrogen-bond acceptors (Lipinski definition) is 6. The molecule has 0 amide bonds. The molecule has 35 heavy (non-hydrogen) atoms. The van der Waals surface area contributed by atoms with Crippen LogP contribution in [0.25, 0.3) is 11.8 Å². The molecule has 1 aromatic heterocycles. The summed E-state index contributed by atoms with van der Waals surface area (Å²) in [4.78, 5) is 17.8. The van der Waals surface area contributed by atoms with Gasteiger partial charge in [-0.25, -0.2) is 4.98 Å². The highest BCUT2D eigenvalue weighted by atomic mass is 16.5. The lowest BCUT2D eigenvalue weighted by Crippen LogP contribution is -2.34. The van der Waals surface area contributed by atoms with E-state index in [1.165, 1.54) is 11.1 Å². The van der Waals surface area contributed by atoms with Crippen LogP contribution in [0.15, 0.2) is 78.1 Å². The van der Waals surface area contributed by atoms with Crippen molar-refractivity contribution in [2.75, 3.05) is 23.0 Å². The Morgan fingerprint density at radius 2 is 2.00 bits per heavy atom. The van der Waals surface area contributed by atoms with Gasteiger partial charge in [0.1, 0.15) is 0 Å². The van der Waals surface area contributed by atoms with Crippen molar-refractivity contribution in [2.24, 2.45) is 0 Å². The maximum Gasteiger partial charge on any atom is 0.213 e. The number of Topliss-reactive ketones (excluding diaryl/α,β-unsaturated/α-hetero) is 1. The van der Waals surface area contributed by atoms with E-state index in [4.69, 9.17) is 15.5 Å². The highest BCUT2D eigenvalue weighted by molar-refractivity contribution is 6.19. The number of benzene rings is 1. The van der Waals surface area contributed by atoms with Gasteiger partial charge in [0.05, 0.1) is 28.9 Å². The summed E-state index contributed by atoms with van der Waals surface area (Å²) in [6, 6.07) is 9.31. The van der Waals surface area contributed by atoms with Crippen LogP contribution in [-0.2, 0) is 4.79 Å². The largest absolute Gasteiger partial charge is 0.478 e. The molecular weight excluding hydrogens is 436 g/mol. The van der Waals surface area contributed by atoms with Crippen molar-refractivity contribution in [3.63, 3.8) is 0 Å². The Balaban J connectivity index is 2.24. The number of nitrogen functional groups attached to an aromatic ring is 1. The first-order valence-corrected chi connectivity index (χ1v) is 11.8. The van der Waals surface area contributed by atoms with Gasteiger partial charge in [-0.05, 0) is 69.7 Å². The molecule has 6 nitrogen and oxygen atoms in total. The first-order chi connectivity index (χ1) is 16.9. The summed E-state index contributed by atoms with van der Waals surface area (Å²) in [6.07, 6.45) is 11.4. The lowest BCUT2D eigenvalue weighted by molar-refractivity contribution is -0.111. The van der Waals surface area contributed by atoms with Gasteiger partial charge in [-0.3, -0.25) is 4.79 Å². The van der Waals surface area contributed by atoms with Gasteiger partial charge < -0.3 is 21.1 Å². The summed E-state index contributed by atoms with van der Waals surface area (Å²) < 4.78 is 5.67. The summed E-state index contributed by atoms with van der Waals surface area (Å²) in [5, 5.41) is 7.68. The highest BCUT2D eigenvalue weighted by Gasteiger charge is 2.15. The first kappa shape index (κ1) is 25.6. The number of ether oxygens (including phenoxy) is 1. The van der Waals surface area contributed by atoms with E-state index in [9.17, 15) is 4.79 Å². The summed E-state index contributed by atoms with van der Waals surface area (Å²) in [7, 11) is 0. The third kappa shape index (κ3) is 6.51. The lowest BCUT2D eigenvalue weighted by atomic mass is 9.97. The molecule has 0 saturated carbocycles. The molecule has 0 aliphatic heterocycles. The van der Waals surface area contributed by atoms with Gasteiger partial charge in [-0.1, -0.05) is 42.9 Å². The monoisotopic (exact) mass is 470 g/mol. The van der Waals surface area contributed by atoms with E-state index in [-0.39, 0.29) is 5.78 Å². The van der Waals surface area contributed by atoms with Crippen LogP contribution >= 0.6 is 0 Å². The minimum Gasteiger partial charge on any atom is -0.478 e. The third-order valence-electron chi connectivity index (χ3n) is 5.64. The van der Waals surface area contributed by atoms with E-state index in [1.54, 1.807) is 13.1 Å². The van der Waals surface area contributed by atoms with Crippen LogP contribution in [0.3, 0.4) is 0 Å². The second-order valence-electron chi connectivity index (χ2n) is 8.36. The van der Waals surface area contributed by atoms with Crippen LogP contribution in [0.2, 0.25) is 0 Å². The van der Waals surface area contributed by atoms with Crippen molar-refractivity contribution in [1.29, 1.82) is 0 Å². The number of carbonyl (C=O) groups is 1. The molecule has 1 heterocycles. The number of carbonyl (C=O) groups excluding carboxylic acids is 1. The summed E-state index contributed by atoms with van der Waals surface area (Å²) in [5.74, 6) is 0.417. The fourth-order valence-electron chi connectivity index (χ4n) is 3.90. The number of nitrogens with two attached hydrogens (primary N) is 1. The summed E-state index contributed by atoms with van der Waals surface area (Å²) in [5.41, 5.74) is 12.2. The van der Waals surface area contributed by atoms with E-state index in [0.717, 1.165) is 35.0 Å². The van der Waals surface area contributed by atoms with Gasteiger partial charge in [0.15, 0.2) is 5.78 Å². The summed E-state index contributed by atoms with van der Waals surface area (Å²) >= 11 is 0. The first-order valence-electron chi connectivity index (χ1n) is 11.8. The molecule has 0 saturated heterocycles. The Bertz CT molecular complexity index is 1330. The molecule has 1 aliphatic rings. The summed E-state index contributed by atoms with van der Waals surface area (Å²) in [6.45, 7) is 11.9. The molecule has 0 unspecified atom stereocenters. The lowest BCUT2D eigenvalue weighted by Gasteiger charge is -2.10. The normalized spacial score (nSPS) is 14.7. The molecular formula is C29H34N4O2. The molecule has 0 bridgehead atoms. The van der Waals surface area contributed by atoms with E-state index >= 15 is 0 Å². The van der Waals surface area contributed by atoms with Gasteiger partial charge >= 0.3 is 0 Å². The average Bonchev–Trinajstić information content (AvgIpc) is 3.02. The van der Waals surface area contributed by atoms with Crippen molar-refractivity contribution in [2.45, 2.75) is 40.5 Å². The minimum atomic E-state index is -0.0586. The van der Waals surface area contributed by atoms with Crippen LogP contribution in [0.1, 0.15) is 40.5 Å². The van der Waals surface area contributed by atoms with Gasteiger partial charge in [0.25, 0.3) is 0 Å². The van der Waals surface area contributed by atoms with Crippen molar-refractivity contribution in [3.05, 3.63) is 88.6 Å². The number of pyridine rings is 1. The fourth-order valence-corrected chi connectivity index (χ4v) is 3.90. The van der Waals surface area contributed by atoms with Crippen LogP contribution in [0.5, 0.6) is 5.88 Å². The third-order valence-corrected chi connectivity index (χ3v) is 5.64. The maximum atomic E-state index is 13.0.